The van der Waals surface area contributed by atoms with Gasteiger partial charge in [0.2, 0.25) is 0 Å². The Morgan fingerprint density at radius 2 is 2.21 bits per heavy atom. The first kappa shape index (κ1) is 13.1. The summed E-state index contributed by atoms with van der Waals surface area (Å²) < 4.78 is 16.1. The van der Waals surface area contributed by atoms with E-state index in [-0.39, 0.29) is 6.61 Å². The molecule has 0 aliphatic carbocycles. The third-order valence-corrected chi connectivity index (χ3v) is 2.47. The Morgan fingerprint density at radius 1 is 1.37 bits per heavy atom. The van der Waals surface area contributed by atoms with E-state index >= 15 is 0 Å². The number of aryl methyl sites for hydroxylation is 1. The van der Waals surface area contributed by atoms with Crippen molar-refractivity contribution >= 4 is 6.29 Å². The Labute approximate surface area is 111 Å². The van der Waals surface area contributed by atoms with Gasteiger partial charge in [-0.25, -0.2) is 0 Å². The van der Waals surface area contributed by atoms with Gasteiger partial charge < -0.3 is 14.0 Å². The number of carbonyl (C=O) groups excluding carboxylic acids is 1. The van der Waals surface area contributed by atoms with Crippen LogP contribution in [0.25, 0.3) is 0 Å². The second-order valence-electron chi connectivity index (χ2n) is 3.95. The minimum Gasteiger partial charge on any atom is -0.490 e. The zero-order valence-electron chi connectivity index (χ0n) is 10.9. The van der Waals surface area contributed by atoms with Gasteiger partial charge in [-0.05, 0) is 26.0 Å². The van der Waals surface area contributed by atoms with Crippen molar-refractivity contribution in [2.24, 2.45) is 0 Å². The molecule has 0 aliphatic rings. The number of hydrogen-bond donors (Lipinski definition) is 0. The molecule has 100 valence electrons. The molecule has 2 rings (SSSR count). The molecule has 1 aromatic carbocycles. The molecule has 0 N–H and O–H groups in total. The van der Waals surface area contributed by atoms with Gasteiger partial charge in [-0.3, -0.25) is 4.79 Å². The van der Waals surface area contributed by atoms with Crippen LogP contribution < -0.4 is 9.47 Å². The highest BCUT2D eigenvalue weighted by Crippen LogP contribution is 2.31. The minimum absolute atomic E-state index is 0.200. The lowest BCUT2D eigenvalue weighted by molar-refractivity contribution is 0.111. The van der Waals surface area contributed by atoms with Crippen LogP contribution in [-0.4, -0.2) is 18.0 Å². The fourth-order valence-corrected chi connectivity index (χ4v) is 1.68. The predicted molar refractivity (Wildman–Crippen MR) is 68.6 cm³/mol. The maximum atomic E-state index is 11.0. The molecule has 0 saturated carbocycles. The number of para-hydroxylation sites is 1. The monoisotopic (exact) mass is 261 g/mol. The number of hydrogen-bond acceptors (Lipinski definition) is 5. The van der Waals surface area contributed by atoms with Crippen LogP contribution >= 0.6 is 0 Å². The second kappa shape index (κ2) is 6.04. The lowest BCUT2D eigenvalue weighted by Crippen LogP contribution is -2.01. The van der Waals surface area contributed by atoms with E-state index in [1.165, 1.54) is 0 Å². The highest BCUT2D eigenvalue weighted by Gasteiger charge is 2.12. The van der Waals surface area contributed by atoms with E-state index in [0.29, 0.717) is 29.4 Å². The maximum absolute atomic E-state index is 11.0. The van der Waals surface area contributed by atoms with E-state index in [2.05, 4.69) is 5.16 Å². The second-order valence-corrected chi connectivity index (χ2v) is 3.95. The van der Waals surface area contributed by atoms with Crippen LogP contribution in [0, 0.1) is 6.92 Å². The summed E-state index contributed by atoms with van der Waals surface area (Å²) >= 11 is 0. The van der Waals surface area contributed by atoms with E-state index in [4.69, 9.17) is 14.0 Å². The number of ether oxygens (including phenoxy) is 2. The number of aromatic nitrogens is 1. The van der Waals surface area contributed by atoms with Crippen molar-refractivity contribution in [1.82, 2.24) is 5.16 Å². The van der Waals surface area contributed by atoms with E-state index in [0.717, 1.165) is 12.0 Å². The quantitative estimate of drug-likeness (QED) is 0.748. The van der Waals surface area contributed by atoms with Gasteiger partial charge in [0.1, 0.15) is 6.61 Å². The molecule has 0 fully saturated rings. The largest absolute Gasteiger partial charge is 0.490 e. The molecule has 0 unspecified atom stereocenters. The Balaban J connectivity index is 2.19. The lowest BCUT2D eigenvalue weighted by Gasteiger charge is -2.12. The van der Waals surface area contributed by atoms with Crippen molar-refractivity contribution in [2.45, 2.75) is 20.5 Å². The fourth-order valence-electron chi connectivity index (χ4n) is 1.68. The first-order valence-electron chi connectivity index (χ1n) is 6.00. The number of aldehydes is 1. The van der Waals surface area contributed by atoms with Crippen LogP contribution in [0.3, 0.4) is 0 Å². The summed E-state index contributed by atoms with van der Waals surface area (Å²) in [5, 5.41) is 3.77. The average molecular weight is 261 g/mol. The predicted octanol–water partition coefficient (Wildman–Crippen LogP) is 2.77. The van der Waals surface area contributed by atoms with Crippen molar-refractivity contribution in [3.8, 4) is 11.5 Å². The Bertz CT molecular complexity index is 562. The molecule has 19 heavy (non-hydrogen) atoms. The summed E-state index contributed by atoms with van der Waals surface area (Å²) in [5.41, 5.74) is 1.23. The van der Waals surface area contributed by atoms with Gasteiger partial charge in [0.25, 0.3) is 0 Å². The van der Waals surface area contributed by atoms with Crippen LogP contribution in [-0.2, 0) is 6.61 Å². The Kier molecular flexibility index (Phi) is 4.18. The molecule has 0 aliphatic heterocycles. The van der Waals surface area contributed by atoms with E-state index < -0.39 is 0 Å². The molecule has 5 nitrogen and oxygen atoms in total. The van der Waals surface area contributed by atoms with E-state index in [1.807, 2.05) is 13.8 Å². The fraction of sp³-hybridized carbons (Fsp3) is 0.286. The zero-order chi connectivity index (χ0) is 13.7. The molecule has 0 atom stereocenters. The van der Waals surface area contributed by atoms with E-state index in [1.54, 1.807) is 24.3 Å². The lowest BCUT2D eigenvalue weighted by atomic mass is 10.2. The summed E-state index contributed by atoms with van der Waals surface area (Å²) in [6.45, 7) is 4.40. The van der Waals surface area contributed by atoms with Crippen molar-refractivity contribution < 1.29 is 18.8 Å². The van der Waals surface area contributed by atoms with Gasteiger partial charge in [-0.15, -0.1) is 0 Å². The summed E-state index contributed by atoms with van der Waals surface area (Å²) in [6.07, 6.45) is 0.740. The molecule has 5 heteroatoms. The number of carbonyl (C=O) groups is 1. The molecular formula is C14H15NO4. The van der Waals surface area contributed by atoms with Crippen LogP contribution in [0.15, 0.2) is 28.8 Å². The summed E-state index contributed by atoms with van der Waals surface area (Å²) in [6, 6.07) is 6.97. The highest BCUT2D eigenvalue weighted by atomic mass is 16.5. The minimum atomic E-state index is 0.200. The van der Waals surface area contributed by atoms with Crippen LogP contribution in [0.4, 0.5) is 0 Å². The van der Waals surface area contributed by atoms with Crippen LogP contribution in [0.5, 0.6) is 11.5 Å². The number of nitrogens with zero attached hydrogens (tertiary/aromatic N) is 1. The van der Waals surface area contributed by atoms with Gasteiger partial charge in [0.05, 0.1) is 17.9 Å². The third-order valence-electron chi connectivity index (χ3n) is 2.47. The smallest absolute Gasteiger partial charge is 0.174 e. The summed E-state index contributed by atoms with van der Waals surface area (Å²) in [5.74, 6) is 1.57. The van der Waals surface area contributed by atoms with Gasteiger partial charge in [0.15, 0.2) is 23.5 Å². The molecule has 1 heterocycles. The van der Waals surface area contributed by atoms with Crippen molar-refractivity contribution in [2.75, 3.05) is 6.61 Å². The molecule has 1 aromatic heterocycles. The molecule has 0 saturated heterocycles. The Hall–Kier alpha value is -2.30. The van der Waals surface area contributed by atoms with Gasteiger partial charge >= 0.3 is 0 Å². The van der Waals surface area contributed by atoms with E-state index in [9.17, 15) is 4.79 Å². The number of benzene rings is 1. The molecule has 0 radical (unpaired) electrons. The molecule has 0 bridgehead atoms. The molecule has 2 aromatic rings. The third kappa shape index (κ3) is 3.13. The maximum Gasteiger partial charge on any atom is 0.174 e. The highest BCUT2D eigenvalue weighted by molar-refractivity contribution is 5.81. The van der Waals surface area contributed by atoms with Crippen molar-refractivity contribution in [3.63, 3.8) is 0 Å². The molecule has 0 spiro atoms. The standard InChI is InChI=1S/C14H15NO4/c1-3-17-13-6-4-5-11(8-16)14(13)18-9-12-7-10(2)15-19-12/h4-8H,3,9H2,1-2H3. The molecular weight excluding hydrogens is 246 g/mol. The Morgan fingerprint density at radius 3 is 2.84 bits per heavy atom. The summed E-state index contributed by atoms with van der Waals surface area (Å²) in [4.78, 5) is 11.0. The first-order valence-corrected chi connectivity index (χ1v) is 6.00. The van der Waals surface area contributed by atoms with Crippen molar-refractivity contribution in [1.29, 1.82) is 0 Å². The van der Waals surface area contributed by atoms with Crippen molar-refractivity contribution in [3.05, 3.63) is 41.3 Å². The van der Waals surface area contributed by atoms with Gasteiger partial charge in [-0.2, -0.15) is 0 Å². The number of rotatable bonds is 6. The first-order chi connectivity index (χ1) is 9.24. The topological polar surface area (TPSA) is 61.6 Å². The molecule has 0 amide bonds. The average Bonchev–Trinajstić information content (AvgIpc) is 2.83. The van der Waals surface area contributed by atoms with Gasteiger partial charge in [0, 0.05) is 6.07 Å². The zero-order valence-corrected chi connectivity index (χ0v) is 10.9. The normalized spacial score (nSPS) is 10.2. The SMILES string of the molecule is CCOc1cccc(C=O)c1OCc1cc(C)no1. The van der Waals surface area contributed by atoms with Gasteiger partial charge in [-0.1, -0.05) is 11.2 Å². The summed E-state index contributed by atoms with van der Waals surface area (Å²) in [7, 11) is 0. The van der Waals surface area contributed by atoms with Crippen LogP contribution in [0.1, 0.15) is 28.7 Å². The van der Waals surface area contributed by atoms with Crippen LogP contribution in [0.2, 0.25) is 0 Å².